The lowest BCUT2D eigenvalue weighted by atomic mass is 10.2. The molecule has 1 fully saturated rings. The van der Waals surface area contributed by atoms with Crippen LogP contribution in [0.4, 0.5) is 19.4 Å². The van der Waals surface area contributed by atoms with Crippen LogP contribution in [0.2, 0.25) is 0 Å². The number of halogens is 3. The van der Waals surface area contributed by atoms with E-state index in [1.807, 2.05) is 0 Å². The molecule has 0 atom stereocenters. The van der Waals surface area contributed by atoms with Crippen LogP contribution in [-0.4, -0.2) is 24.2 Å². The molecule has 0 radical (unpaired) electrons. The molecule has 2 rings (SSSR count). The molecule has 1 aliphatic rings. The maximum atomic E-state index is 12.7. The van der Waals surface area contributed by atoms with Crippen molar-refractivity contribution in [3.63, 3.8) is 0 Å². The number of nitrogens with zero attached hydrogens (tertiary/aromatic N) is 2. The van der Waals surface area contributed by atoms with E-state index in [-0.39, 0.29) is 24.5 Å². The van der Waals surface area contributed by atoms with E-state index < -0.39 is 12.5 Å². The number of cyclic esters (lactones) is 1. The number of rotatable bonds is 2. The van der Waals surface area contributed by atoms with Gasteiger partial charge in [0.25, 0.3) is 6.43 Å². The summed E-state index contributed by atoms with van der Waals surface area (Å²) in [5.74, 6) is -0.0410. The molecule has 1 amide bonds. The van der Waals surface area contributed by atoms with E-state index in [9.17, 15) is 13.6 Å². The predicted molar refractivity (Wildman–Crippen MR) is 55.6 cm³/mol. The number of aromatic nitrogens is 1. The van der Waals surface area contributed by atoms with Gasteiger partial charge in [-0.05, 0) is 22.0 Å². The second-order valence-corrected chi connectivity index (χ2v) is 4.05. The molecule has 0 saturated carbocycles. The van der Waals surface area contributed by atoms with Crippen molar-refractivity contribution in [3.8, 4) is 0 Å². The molecule has 7 heteroatoms. The highest BCUT2D eigenvalue weighted by Crippen LogP contribution is 2.31. The smallest absolute Gasteiger partial charge is 0.415 e. The zero-order valence-corrected chi connectivity index (χ0v) is 9.58. The number of anilines is 1. The van der Waals surface area contributed by atoms with Gasteiger partial charge in [-0.2, -0.15) is 0 Å². The number of amides is 1. The van der Waals surface area contributed by atoms with E-state index in [1.165, 1.54) is 12.3 Å². The molecule has 2 heterocycles. The Labute approximate surface area is 98.3 Å². The van der Waals surface area contributed by atoms with Crippen LogP contribution in [-0.2, 0) is 4.74 Å². The minimum absolute atomic E-state index is 0.0410. The van der Waals surface area contributed by atoms with Crippen molar-refractivity contribution < 1.29 is 18.3 Å². The molecular weight excluding hydrogens is 286 g/mol. The second kappa shape index (κ2) is 4.32. The number of alkyl halides is 2. The number of hydrogen-bond acceptors (Lipinski definition) is 3. The van der Waals surface area contributed by atoms with Crippen LogP contribution in [0, 0.1) is 0 Å². The van der Waals surface area contributed by atoms with Gasteiger partial charge in [-0.15, -0.1) is 0 Å². The van der Waals surface area contributed by atoms with Crippen LogP contribution in [0.5, 0.6) is 0 Å². The van der Waals surface area contributed by atoms with Gasteiger partial charge in [-0.25, -0.2) is 18.6 Å². The monoisotopic (exact) mass is 292 g/mol. The highest BCUT2D eigenvalue weighted by atomic mass is 79.9. The lowest BCUT2D eigenvalue weighted by Crippen LogP contribution is -2.25. The summed E-state index contributed by atoms with van der Waals surface area (Å²) in [4.78, 5) is 16.2. The van der Waals surface area contributed by atoms with Crippen molar-refractivity contribution in [2.45, 2.75) is 6.43 Å². The van der Waals surface area contributed by atoms with Crippen molar-refractivity contribution >= 4 is 27.8 Å². The fourth-order valence-electron chi connectivity index (χ4n) is 1.42. The first-order chi connectivity index (χ1) is 7.59. The fourth-order valence-corrected chi connectivity index (χ4v) is 1.77. The summed E-state index contributed by atoms with van der Waals surface area (Å²) in [6.45, 7) is 0.437. The Morgan fingerprint density at radius 3 is 2.88 bits per heavy atom. The Morgan fingerprint density at radius 1 is 1.56 bits per heavy atom. The van der Waals surface area contributed by atoms with Crippen molar-refractivity contribution in [1.82, 2.24) is 4.98 Å². The molecule has 0 spiro atoms. The van der Waals surface area contributed by atoms with Gasteiger partial charge in [0.05, 0.1) is 12.1 Å². The summed E-state index contributed by atoms with van der Waals surface area (Å²) in [5, 5.41) is 0. The van der Waals surface area contributed by atoms with Crippen molar-refractivity contribution in [1.29, 1.82) is 0 Å². The SMILES string of the molecule is O=C1OCCN1c1ncc(Br)cc1C(F)F. The van der Waals surface area contributed by atoms with Gasteiger partial charge < -0.3 is 4.74 Å². The first-order valence-electron chi connectivity index (χ1n) is 4.47. The van der Waals surface area contributed by atoms with Gasteiger partial charge in [0.2, 0.25) is 0 Å². The molecule has 0 unspecified atom stereocenters. The number of carbonyl (C=O) groups excluding carboxylic acids is 1. The summed E-state index contributed by atoms with van der Waals surface area (Å²) >= 11 is 3.06. The first-order valence-corrected chi connectivity index (χ1v) is 5.27. The number of carbonyl (C=O) groups is 1. The average Bonchev–Trinajstić information content (AvgIpc) is 2.64. The van der Waals surface area contributed by atoms with Gasteiger partial charge in [-0.1, -0.05) is 0 Å². The van der Waals surface area contributed by atoms with Crippen molar-refractivity contribution in [2.24, 2.45) is 0 Å². The van der Waals surface area contributed by atoms with E-state index in [4.69, 9.17) is 0 Å². The lowest BCUT2D eigenvalue weighted by molar-refractivity contribution is 0.151. The van der Waals surface area contributed by atoms with Gasteiger partial charge in [0.1, 0.15) is 12.4 Å². The van der Waals surface area contributed by atoms with Crippen LogP contribution < -0.4 is 4.90 Å². The summed E-state index contributed by atoms with van der Waals surface area (Å²) < 4.78 is 30.6. The topological polar surface area (TPSA) is 42.4 Å². The molecule has 16 heavy (non-hydrogen) atoms. The zero-order valence-electron chi connectivity index (χ0n) is 7.99. The van der Waals surface area contributed by atoms with E-state index in [1.54, 1.807) is 0 Å². The molecule has 0 bridgehead atoms. The van der Waals surface area contributed by atoms with Crippen LogP contribution in [0.15, 0.2) is 16.7 Å². The molecule has 1 saturated heterocycles. The molecule has 1 aromatic heterocycles. The Morgan fingerprint density at radius 2 is 2.31 bits per heavy atom. The maximum Gasteiger partial charge on any atom is 0.415 e. The van der Waals surface area contributed by atoms with Gasteiger partial charge >= 0.3 is 6.09 Å². The molecule has 0 aliphatic carbocycles. The van der Waals surface area contributed by atoms with Crippen LogP contribution in [0.1, 0.15) is 12.0 Å². The molecule has 4 nitrogen and oxygen atoms in total. The Kier molecular flexibility index (Phi) is 3.04. The molecular formula is C9H7BrF2N2O2. The summed E-state index contributed by atoms with van der Waals surface area (Å²) in [5.41, 5.74) is -0.284. The van der Waals surface area contributed by atoms with E-state index in [0.29, 0.717) is 4.47 Å². The fraction of sp³-hybridized carbons (Fsp3) is 0.333. The normalized spacial score (nSPS) is 15.8. The third-order valence-electron chi connectivity index (χ3n) is 2.11. The number of pyridine rings is 1. The van der Waals surface area contributed by atoms with Crippen molar-refractivity contribution in [2.75, 3.05) is 18.1 Å². The predicted octanol–water partition coefficient (Wildman–Crippen LogP) is 2.74. The van der Waals surface area contributed by atoms with Gasteiger partial charge in [0.15, 0.2) is 0 Å². The zero-order chi connectivity index (χ0) is 11.7. The minimum Gasteiger partial charge on any atom is -0.447 e. The highest BCUT2D eigenvalue weighted by molar-refractivity contribution is 9.10. The van der Waals surface area contributed by atoms with Gasteiger partial charge in [-0.3, -0.25) is 4.90 Å². The summed E-state index contributed by atoms with van der Waals surface area (Å²) in [6, 6.07) is 1.25. The number of ether oxygens (including phenoxy) is 1. The second-order valence-electron chi connectivity index (χ2n) is 3.13. The quantitative estimate of drug-likeness (QED) is 0.842. The molecule has 1 aromatic rings. The summed E-state index contributed by atoms with van der Waals surface area (Å²) in [7, 11) is 0. The third kappa shape index (κ3) is 1.99. The molecule has 0 aromatic carbocycles. The Hall–Kier alpha value is -1.24. The Bertz CT molecular complexity index is 428. The summed E-state index contributed by atoms with van der Waals surface area (Å²) in [6.07, 6.45) is -1.96. The largest absolute Gasteiger partial charge is 0.447 e. The molecule has 86 valence electrons. The van der Waals surface area contributed by atoms with E-state index >= 15 is 0 Å². The van der Waals surface area contributed by atoms with Gasteiger partial charge in [0, 0.05) is 10.7 Å². The standard InChI is InChI=1S/C9H7BrF2N2O2/c10-5-3-6(7(11)12)8(13-4-5)14-1-2-16-9(14)15/h3-4,7H,1-2H2. The van der Waals surface area contributed by atoms with Crippen LogP contribution in [0.25, 0.3) is 0 Å². The lowest BCUT2D eigenvalue weighted by Gasteiger charge is -2.15. The van der Waals surface area contributed by atoms with Crippen molar-refractivity contribution in [3.05, 3.63) is 22.3 Å². The highest BCUT2D eigenvalue weighted by Gasteiger charge is 2.29. The number of hydrogen-bond donors (Lipinski definition) is 0. The molecule has 0 N–H and O–H groups in total. The third-order valence-corrected chi connectivity index (χ3v) is 2.55. The average molecular weight is 293 g/mol. The van der Waals surface area contributed by atoms with E-state index in [2.05, 4.69) is 25.7 Å². The Balaban J connectivity index is 2.43. The van der Waals surface area contributed by atoms with E-state index in [0.717, 1.165) is 4.90 Å². The van der Waals surface area contributed by atoms with Crippen LogP contribution >= 0.6 is 15.9 Å². The van der Waals surface area contributed by atoms with Crippen LogP contribution in [0.3, 0.4) is 0 Å². The minimum atomic E-state index is -2.69. The maximum absolute atomic E-state index is 12.7. The molecule has 1 aliphatic heterocycles. The first kappa shape index (κ1) is 11.3.